The molecular weight excluding hydrogens is 434 g/mol. The van der Waals surface area contributed by atoms with E-state index in [1.54, 1.807) is 26.8 Å². The number of amidine groups is 1. The summed E-state index contributed by atoms with van der Waals surface area (Å²) in [5.74, 6) is 0.620. The number of hydrogen-bond donors (Lipinski definition) is 4. The third-order valence-corrected chi connectivity index (χ3v) is 6.61. The van der Waals surface area contributed by atoms with Gasteiger partial charge in [0.15, 0.2) is 5.88 Å². The fourth-order valence-corrected chi connectivity index (χ4v) is 4.80. The van der Waals surface area contributed by atoms with Crippen molar-refractivity contribution in [3.05, 3.63) is 62.8 Å². The lowest BCUT2D eigenvalue weighted by Gasteiger charge is -2.25. The van der Waals surface area contributed by atoms with Crippen LogP contribution in [-0.4, -0.2) is 27.2 Å². The summed E-state index contributed by atoms with van der Waals surface area (Å²) in [7, 11) is 0. The molecule has 1 aliphatic rings. The van der Waals surface area contributed by atoms with Gasteiger partial charge in [0.1, 0.15) is 11.4 Å². The van der Waals surface area contributed by atoms with Crippen molar-refractivity contribution in [1.82, 2.24) is 10.3 Å². The third-order valence-electron chi connectivity index (χ3n) is 6.61. The first kappa shape index (κ1) is 26.0. The normalized spacial score (nSPS) is 18.2. The van der Waals surface area contributed by atoms with E-state index in [9.17, 15) is 10.4 Å². The SMILES string of the molecule is CCc1ccc(C)c(C2C=c3c(C(C)=NC(=N)/C=C(/C)NC(C)(C)C#N)c(O)[nH]c3=CC2CC)c1. The molecule has 0 bridgehead atoms. The topological polar surface area (TPSA) is 108 Å². The van der Waals surface area contributed by atoms with Gasteiger partial charge in [0, 0.05) is 28.3 Å². The zero-order chi connectivity index (χ0) is 25.9. The van der Waals surface area contributed by atoms with Gasteiger partial charge in [0.05, 0.1) is 17.3 Å². The Kier molecular flexibility index (Phi) is 7.70. The number of rotatable bonds is 7. The minimum absolute atomic E-state index is 0.0462. The molecule has 0 aliphatic heterocycles. The number of benzene rings is 1. The second-order valence-electron chi connectivity index (χ2n) is 9.92. The molecule has 0 spiro atoms. The molecule has 0 saturated carbocycles. The summed E-state index contributed by atoms with van der Waals surface area (Å²) in [6.45, 7) is 13.7. The number of fused-ring (bicyclic) bond motifs is 1. The Morgan fingerprint density at radius 1 is 1.29 bits per heavy atom. The largest absolute Gasteiger partial charge is 0.494 e. The molecule has 1 aromatic carbocycles. The number of aromatic nitrogens is 1. The van der Waals surface area contributed by atoms with Crippen molar-refractivity contribution < 1.29 is 5.11 Å². The molecule has 2 atom stereocenters. The van der Waals surface area contributed by atoms with Gasteiger partial charge in [-0.05, 0) is 70.1 Å². The molecule has 1 aromatic heterocycles. The van der Waals surface area contributed by atoms with Crippen LogP contribution in [0.1, 0.15) is 76.1 Å². The summed E-state index contributed by atoms with van der Waals surface area (Å²) >= 11 is 0. The van der Waals surface area contributed by atoms with Gasteiger partial charge in [0.25, 0.3) is 0 Å². The Morgan fingerprint density at radius 2 is 2.00 bits per heavy atom. The summed E-state index contributed by atoms with van der Waals surface area (Å²) in [6.07, 6.45) is 8.03. The van der Waals surface area contributed by atoms with E-state index in [1.165, 1.54) is 16.7 Å². The Bertz CT molecular complexity index is 1350. The predicted molar refractivity (Wildman–Crippen MR) is 144 cm³/mol. The van der Waals surface area contributed by atoms with Crippen molar-refractivity contribution in [2.75, 3.05) is 0 Å². The second-order valence-corrected chi connectivity index (χ2v) is 9.92. The first-order chi connectivity index (χ1) is 16.5. The van der Waals surface area contributed by atoms with Gasteiger partial charge in [-0.2, -0.15) is 5.26 Å². The summed E-state index contributed by atoms with van der Waals surface area (Å²) in [5, 5.41) is 33.3. The Balaban J connectivity index is 2.06. The number of allylic oxidation sites excluding steroid dienone is 1. The predicted octanol–water partition coefficient (Wildman–Crippen LogP) is 4.56. The molecule has 3 rings (SSSR count). The molecule has 1 heterocycles. The van der Waals surface area contributed by atoms with Gasteiger partial charge in [-0.15, -0.1) is 0 Å². The van der Waals surface area contributed by atoms with E-state index in [0.29, 0.717) is 22.9 Å². The molecule has 35 heavy (non-hydrogen) atoms. The standard InChI is InChI=1S/C29H37N5O/c1-8-20-11-10-17(3)22(13-20)23-15-24-25(14-21(23)9-2)33-28(35)27(24)19(5)32-26(31)12-18(4)34-29(6,7)16-30/h10-15,21,23,31,33-35H,8-9H2,1-7H3/b18-12-,31-26?,32-19?. The minimum Gasteiger partial charge on any atom is -0.494 e. The highest BCUT2D eigenvalue weighted by atomic mass is 16.3. The van der Waals surface area contributed by atoms with E-state index in [0.717, 1.165) is 23.4 Å². The number of H-pyrrole nitrogens is 1. The van der Waals surface area contributed by atoms with Crippen LogP contribution in [-0.2, 0) is 6.42 Å². The smallest absolute Gasteiger partial charge is 0.198 e. The zero-order valence-electron chi connectivity index (χ0n) is 21.9. The lowest BCUT2D eigenvalue weighted by atomic mass is 9.78. The summed E-state index contributed by atoms with van der Waals surface area (Å²) in [6, 6.07) is 8.88. The molecule has 0 radical (unpaired) electrons. The van der Waals surface area contributed by atoms with E-state index in [4.69, 9.17) is 5.41 Å². The van der Waals surface area contributed by atoms with Crippen LogP contribution in [0.3, 0.4) is 0 Å². The minimum atomic E-state index is -0.736. The first-order valence-electron chi connectivity index (χ1n) is 12.3. The summed E-state index contributed by atoms with van der Waals surface area (Å²) < 4.78 is 0. The maximum Gasteiger partial charge on any atom is 0.198 e. The van der Waals surface area contributed by atoms with Crippen molar-refractivity contribution in [3.63, 3.8) is 0 Å². The number of hydrogen-bond acceptors (Lipinski definition) is 4. The lowest BCUT2D eigenvalue weighted by molar-refractivity contribution is 0.455. The Morgan fingerprint density at radius 3 is 2.63 bits per heavy atom. The highest BCUT2D eigenvalue weighted by Crippen LogP contribution is 2.34. The third kappa shape index (κ3) is 5.74. The number of nitriles is 1. The van der Waals surface area contributed by atoms with Crippen molar-refractivity contribution in [2.24, 2.45) is 10.9 Å². The van der Waals surface area contributed by atoms with Crippen molar-refractivity contribution in [1.29, 1.82) is 10.7 Å². The number of aryl methyl sites for hydroxylation is 2. The fraction of sp³-hybridized carbons (Fsp3) is 0.414. The number of aromatic amines is 1. The molecule has 1 aliphatic carbocycles. The Hall–Kier alpha value is -3.59. The highest BCUT2D eigenvalue weighted by molar-refractivity contribution is 6.09. The van der Waals surface area contributed by atoms with Crippen LogP contribution in [0.5, 0.6) is 5.88 Å². The second kappa shape index (κ2) is 10.4. The fourth-order valence-electron chi connectivity index (χ4n) is 4.80. The average Bonchev–Trinajstić information content (AvgIpc) is 3.12. The van der Waals surface area contributed by atoms with Crippen LogP contribution >= 0.6 is 0 Å². The van der Waals surface area contributed by atoms with Crippen LogP contribution in [0, 0.1) is 29.6 Å². The number of aliphatic imine (C=N–C) groups is 1. The van der Waals surface area contributed by atoms with Crippen LogP contribution in [0.15, 0.2) is 35.0 Å². The molecule has 0 fully saturated rings. The number of nitrogens with zero attached hydrogens (tertiary/aromatic N) is 2. The van der Waals surface area contributed by atoms with Crippen molar-refractivity contribution in [3.8, 4) is 11.9 Å². The molecule has 2 unspecified atom stereocenters. The summed E-state index contributed by atoms with van der Waals surface area (Å²) in [4.78, 5) is 7.58. The van der Waals surface area contributed by atoms with E-state index < -0.39 is 5.54 Å². The number of aromatic hydroxyl groups is 1. The van der Waals surface area contributed by atoms with Crippen LogP contribution in [0.25, 0.3) is 12.2 Å². The Labute approximate surface area is 208 Å². The molecule has 0 saturated heterocycles. The highest BCUT2D eigenvalue weighted by Gasteiger charge is 2.25. The van der Waals surface area contributed by atoms with Gasteiger partial charge in [-0.1, -0.05) is 44.2 Å². The monoisotopic (exact) mass is 471 g/mol. The maximum atomic E-state index is 10.8. The van der Waals surface area contributed by atoms with Crippen molar-refractivity contribution >= 4 is 23.7 Å². The van der Waals surface area contributed by atoms with E-state index >= 15 is 0 Å². The lowest BCUT2D eigenvalue weighted by Crippen LogP contribution is -2.36. The quantitative estimate of drug-likeness (QED) is 0.351. The molecule has 2 aromatic rings. The van der Waals surface area contributed by atoms with Gasteiger partial charge < -0.3 is 15.4 Å². The molecule has 184 valence electrons. The van der Waals surface area contributed by atoms with Crippen LogP contribution in [0.2, 0.25) is 0 Å². The van der Waals surface area contributed by atoms with Crippen LogP contribution in [0.4, 0.5) is 0 Å². The molecule has 6 nitrogen and oxygen atoms in total. The van der Waals surface area contributed by atoms with Gasteiger partial charge >= 0.3 is 0 Å². The van der Waals surface area contributed by atoms with E-state index in [1.807, 2.05) is 6.92 Å². The van der Waals surface area contributed by atoms with Gasteiger partial charge in [0.2, 0.25) is 0 Å². The number of nitrogens with one attached hydrogen (secondary N) is 3. The summed E-state index contributed by atoms with van der Waals surface area (Å²) in [5.41, 5.74) is 5.03. The van der Waals surface area contributed by atoms with Gasteiger partial charge in [-0.25, -0.2) is 4.99 Å². The maximum absolute atomic E-state index is 10.8. The van der Waals surface area contributed by atoms with Crippen LogP contribution < -0.4 is 15.9 Å². The first-order valence-corrected chi connectivity index (χ1v) is 12.3. The van der Waals surface area contributed by atoms with E-state index in [2.05, 4.69) is 72.5 Å². The average molecular weight is 472 g/mol. The molecule has 4 N–H and O–H groups in total. The molecule has 0 amide bonds. The molecule has 6 heteroatoms. The zero-order valence-corrected chi connectivity index (χ0v) is 21.9. The van der Waals surface area contributed by atoms with Gasteiger partial charge in [-0.3, -0.25) is 5.41 Å². The van der Waals surface area contributed by atoms with Crippen molar-refractivity contribution in [2.45, 2.75) is 72.8 Å². The molecular formula is C29H37N5O. The van der Waals surface area contributed by atoms with E-state index in [-0.39, 0.29) is 17.6 Å².